The van der Waals surface area contributed by atoms with E-state index in [1.54, 1.807) is 30.3 Å². The zero-order chi connectivity index (χ0) is 28.3. The molecular formula is C27H28F2N6O4S. The Labute approximate surface area is 229 Å². The molecule has 1 fully saturated rings. The zero-order valence-corrected chi connectivity index (χ0v) is 22.5. The summed E-state index contributed by atoms with van der Waals surface area (Å²) in [6.45, 7) is 2.77. The Morgan fingerprint density at radius 1 is 1.10 bits per heavy atom. The Morgan fingerprint density at radius 3 is 2.52 bits per heavy atom. The number of hydrogen-bond donors (Lipinski definition) is 2. The number of anilines is 1. The monoisotopic (exact) mass is 570 g/mol. The molecule has 210 valence electrons. The van der Waals surface area contributed by atoms with Gasteiger partial charge in [0, 0.05) is 31.9 Å². The molecule has 13 heteroatoms. The lowest BCUT2D eigenvalue weighted by molar-refractivity contribution is 0.0983. The fraction of sp³-hybridized carbons (Fsp3) is 0.333. The summed E-state index contributed by atoms with van der Waals surface area (Å²) in [6, 6.07) is 10.9. The van der Waals surface area contributed by atoms with Crippen molar-refractivity contribution in [3.63, 3.8) is 0 Å². The Balaban J connectivity index is 1.36. The minimum Gasteiger partial charge on any atom is -0.414 e. The molecule has 1 atom stereocenters. The van der Waals surface area contributed by atoms with Gasteiger partial charge in [0.15, 0.2) is 21.3 Å². The molecule has 0 aliphatic carbocycles. The fourth-order valence-electron chi connectivity index (χ4n) is 4.37. The third-order valence-electron chi connectivity index (χ3n) is 6.53. The summed E-state index contributed by atoms with van der Waals surface area (Å²) in [5.41, 5.74) is 7.88. The molecule has 1 aliphatic rings. The molecule has 1 aliphatic heterocycles. The van der Waals surface area contributed by atoms with E-state index in [1.165, 1.54) is 25.3 Å². The molecule has 2 aromatic heterocycles. The van der Waals surface area contributed by atoms with Crippen molar-refractivity contribution in [1.29, 1.82) is 0 Å². The number of hydrogen-bond acceptors (Lipinski definition) is 10. The molecule has 2 aromatic carbocycles. The van der Waals surface area contributed by atoms with Crippen LogP contribution in [0, 0.1) is 5.82 Å². The summed E-state index contributed by atoms with van der Waals surface area (Å²) in [6.07, 6.45) is 1.38. The van der Waals surface area contributed by atoms with Crippen molar-refractivity contribution in [2.24, 2.45) is 0 Å². The van der Waals surface area contributed by atoms with Crippen LogP contribution in [0.4, 0.5) is 14.6 Å². The molecule has 0 saturated carbocycles. The van der Waals surface area contributed by atoms with Gasteiger partial charge >= 0.3 is 0 Å². The SMILES string of the molecule is CC(F)CNCc1ccc(-c2nnc(-c3nc(-c4ccc(S(=O)(=O)C5CCOCC5)cc4)cnc3N)o2)c(F)c1. The number of nitrogen functional groups attached to an aromatic ring is 1. The largest absolute Gasteiger partial charge is 0.414 e. The van der Waals surface area contributed by atoms with E-state index in [1.807, 2.05) is 0 Å². The maximum absolute atomic E-state index is 14.8. The summed E-state index contributed by atoms with van der Waals surface area (Å²) in [5, 5.41) is 10.4. The summed E-state index contributed by atoms with van der Waals surface area (Å²) >= 11 is 0. The average Bonchev–Trinajstić information content (AvgIpc) is 3.43. The highest BCUT2D eigenvalue weighted by Gasteiger charge is 2.29. The van der Waals surface area contributed by atoms with Crippen LogP contribution in [0.2, 0.25) is 0 Å². The van der Waals surface area contributed by atoms with Crippen molar-refractivity contribution in [3.8, 4) is 34.3 Å². The predicted octanol–water partition coefficient (Wildman–Crippen LogP) is 3.98. The topological polar surface area (TPSA) is 146 Å². The fourth-order valence-corrected chi connectivity index (χ4v) is 6.09. The van der Waals surface area contributed by atoms with E-state index in [0.29, 0.717) is 49.4 Å². The van der Waals surface area contributed by atoms with Gasteiger partial charge in [-0.2, -0.15) is 0 Å². The smallest absolute Gasteiger partial charge is 0.270 e. The molecule has 3 heterocycles. The van der Waals surface area contributed by atoms with Gasteiger partial charge in [0.1, 0.15) is 12.0 Å². The zero-order valence-electron chi connectivity index (χ0n) is 21.7. The second-order valence-corrected chi connectivity index (χ2v) is 11.7. The van der Waals surface area contributed by atoms with Crippen molar-refractivity contribution >= 4 is 15.7 Å². The lowest BCUT2D eigenvalue weighted by Gasteiger charge is -2.22. The number of aromatic nitrogens is 4. The number of halogens is 2. The van der Waals surface area contributed by atoms with Crippen molar-refractivity contribution in [3.05, 3.63) is 60.0 Å². The predicted molar refractivity (Wildman–Crippen MR) is 144 cm³/mol. The van der Waals surface area contributed by atoms with Gasteiger partial charge in [-0.1, -0.05) is 18.2 Å². The lowest BCUT2D eigenvalue weighted by Crippen LogP contribution is -2.28. The molecule has 5 rings (SSSR count). The first kappa shape index (κ1) is 27.7. The van der Waals surface area contributed by atoms with E-state index >= 15 is 0 Å². The number of rotatable bonds is 9. The van der Waals surface area contributed by atoms with E-state index < -0.39 is 27.1 Å². The molecule has 10 nitrogen and oxygen atoms in total. The van der Waals surface area contributed by atoms with Crippen LogP contribution >= 0.6 is 0 Å². The Bertz CT molecular complexity index is 1590. The van der Waals surface area contributed by atoms with Crippen LogP contribution < -0.4 is 11.1 Å². The maximum atomic E-state index is 14.8. The summed E-state index contributed by atoms with van der Waals surface area (Å²) in [5.74, 6) is -0.672. The molecule has 3 N–H and O–H groups in total. The molecule has 0 radical (unpaired) electrons. The van der Waals surface area contributed by atoms with Gasteiger partial charge in [-0.25, -0.2) is 27.2 Å². The standard InChI is InChI=1S/C27H28F2N6O4S/c1-16(28)13-31-14-17-2-7-21(22(29)12-17)26-34-35-27(39-26)24-25(30)32-15-23(33-24)18-3-5-19(6-4-18)40(36,37)20-8-10-38-11-9-20/h2-7,12,15-16,20,31H,8-11,13-14H2,1H3,(H2,30,32). The van der Waals surface area contributed by atoms with Crippen LogP contribution in [0.15, 0.2) is 58.0 Å². The lowest BCUT2D eigenvalue weighted by atomic mass is 10.1. The van der Waals surface area contributed by atoms with Crippen molar-refractivity contribution in [1.82, 2.24) is 25.5 Å². The van der Waals surface area contributed by atoms with Crippen molar-refractivity contribution < 1.29 is 26.4 Å². The molecule has 4 aromatic rings. The molecule has 1 unspecified atom stereocenters. The normalized spacial score (nSPS) is 15.3. The summed E-state index contributed by atoms with van der Waals surface area (Å²) < 4.78 is 64.7. The third-order valence-corrected chi connectivity index (χ3v) is 8.81. The number of sulfone groups is 1. The Hall–Kier alpha value is -3.81. The molecule has 0 spiro atoms. The minimum atomic E-state index is -3.48. The molecule has 1 saturated heterocycles. The molecular weight excluding hydrogens is 542 g/mol. The highest BCUT2D eigenvalue weighted by Crippen LogP contribution is 2.30. The van der Waals surface area contributed by atoms with Crippen molar-refractivity contribution in [2.45, 2.75) is 42.6 Å². The highest BCUT2D eigenvalue weighted by molar-refractivity contribution is 7.92. The van der Waals surface area contributed by atoms with Crippen LogP contribution in [-0.2, 0) is 21.1 Å². The van der Waals surface area contributed by atoms with E-state index in [2.05, 4.69) is 25.5 Å². The van der Waals surface area contributed by atoms with Gasteiger partial charge in [0.05, 0.1) is 27.6 Å². The first-order valence-electron chi connectivity index (χ1n) is 12.7. The number of benzene rings is 2. The number of ether oxygens (including phenoxy) is 1. The van der Waals surface area contributed by atoms with Crippen LogP contribution in [0.5, 0.6) is 0 Å². The van der Waals surface area contributed by atoms with Crippen LogP contribution in [0.1, 0.15) is 25.3 Å². The van der Waals surface area contributed by atoms with Gasteiger partial charge in [-0.3, -0.25) is 0 Å². The van der Waals surface area contributed by atoms with Crippen LogP contribution in [-0.4, -0.2) is 59.8 Å². The minimum absolute atomic E-state index is 0.0293. The summed E-state index contributed by atoms with van der Waals surface area (Å²) in [7, 11) is -3.48. The van der Waals surface area contributed by atoms with E-state index in [9.17, 15) is 17.2 Å². The molecule has 0 amide bonds. The molecule has 40 heavy (non-hydrogen) atoms. The Morgan fingerprint density at radius 2 is 1.82 bits per heavy atom. The number of nitrogens with one attached hydrogen (secondary N) is 1. The maximum Gasteiger partial charge on any atom is 0.270 e. The van der Waals surface area contributed by atoms with Crippen molar-refractivity contribution in [2.75, 3.05) is 25.5 Å². The number of alkyl halides is 1. The van der Waals surface area contributed by atoms with E-state index in [-0.39, 0.29) is 40.3 Å². The second kappa shape index (κ2) is 11.7. The van der Waals surface area contributed by atoms with Gasteiger partial charge in [0.25, 0.3) is 11.8 Å². The first-order chi connectivity index (χ1) is 19.2. The van der Waals surface area contributed by atoms with Gasteiger partial charge < -0.3 is 20.2 Å². The second-order valence-electron chi connectivity index (χ2n) is 9.51. The van der Waals surface area contributed by atoms with E-state index in [0.717, 1.165) is 0 Å². The van der Waals surface area contributed by atoms with Crippen LogP contribution in [0.25, 0.3) is 34.3 Å². The van der Waals surface area contributed by atoms with Gasteiger partial charge in [-0.05, 0) is 49.6 Å². The molecule has 0 bridgehead atoms. The number of nitrogens with zero attached hydrogens (tertiary/aromatic N) is 4. The van der Waals surface area contributed by atoms with E-state index in [4.69, 9.17) is 14.9 Å². The highest BCUT2D eigenvalue weighted by atomic mass is 32.2. The summed E-state index contributed by atoms with van der Waals surface area (Å²) in [4.78, 5) is 8.91. The van der Waals surface area contributed by atoms with Gasteiger partial charge in [-0.15, -0.1) is 10.2 Å². The Kier molecular flexibility index (Phi) is 8.14. The quantitative estimate of drug-likeness (QED) is 0.303. The van der Waals surface area contributed by atoms with Crippen LogP contribution in [0.3, 0.4) is 0 Å². The average molecular weight is 571 g/mol. The number of nitrogens with two attached hydrogens (primary N) is 1. The third kappa shape index (κ3) is 6.01. The first-order valence-corrected chi connectivity index (χ1v) is 14.3. The van der Waals surface area contributed by atoms with Gasteiger partial charge in [0.2, 0.25) is 0 Å².